The van der Waals surface area contributed by atoms with E-state index in [4.69, 9.17) is 4.74 Å². The van der Waals surface area contributed by atoms with Gasteiger partial charge in [0.2, 0.25) is 5.91 Å². The minimum atomic E-state index is -4.60. The minimum absolute atomic E-state index is 0.0364. The van der Waals surface area contributed by atoms with Gasteiger partial charge in [-0.1, -0.05) is 24.6 Å². The molecule has 2 heterocycles. The molecule has 0 bridgehead atoms. The minimum Gasteiger partial charge on any atom is -0.462 e. The zero-order valence-corrected chi connectivity index (χ0v) is 18.6. The molecule has 1 aliphatic carbocycles. The zero-order valence-electron chi connectivity index (χ0n) is 18.6. The average molecular weight is 475 g/mol. The van der Waals surface area contributed by atoms with E-state index in [1.165, 1.54) is 10.9 Å². The number of hydrogen-bond donors (Lipinski definition) is 1. The van der Waals surface area contributed by atoms with Crippen molar-refractivity contribution in [1.82, 2.24) is 19.6 Å². The molecule has 2 aromatic heterocycles. The number of para-hydroxylation sites is 1. The molecule has 0 radical (unpaired) electrons. The highest BCUT2D eigenvalue weighted by Gasteiger charge is 2.39. The SMILES string of the molecule is CCOC(=O)c1cnn(-c2ccccc2)c1NC(=O)Cn1nc(C(F)(F)F)c2c1CCCCC2. The van der Waals surface area contributed by atoms with Crippen LogP contribution in [0.4, 0.5) is 19.0 Å². The van der Waals surface area contributed by atoms with Gasteiger partial charge in [0.15, 0.2) is 11.5 Å². The Labute approximate surface area is 193 Å². The van der Waals surface area contributed by atoms with Crippen molar-refractivity contribution in [2.75, 3.05) is 11.9 Å². The maximum Gasteiger partial charge on any atom is 0.435 e. The van der Waals surface area contributed by atoms with Gasteiger partial charge in [-0.05, 0) is 44.7 Å². The fourth-order valence-electron chi connectivity index (χ4n) is 4.11. The first-order valence-corrected chi connectivity index (χ1v) is 11.1. The van der Waals surface area contributed by atoms with Gasteiger partial charge in [0.1, 0.15) is 12.1 Å². The van der Waals surface area contributed by atoms with Crippen LogP contribution in [-0.4, -0.2) is 38.0 Å². The van der Waals surface area contributed by atoms with Crippen LogP contribution < -0.4 is 5.32 Å². The van der Waals surface area contributed by atoms with Crippen LogP contribution in [0.5, 0.6) is 0 Å². The number of alkyl halides is 3. The van der Waals surface area contributed by atoms with E-state index in [0.29, 0.717) is 24.2 Å². The number of ether oxygens (including phenoxy) is 1. The summed E-state index contributed by atoms with van der Waals surface area (Å²) in [6.45, 7) is 1.35. The van der Waals surface area contributed by atoms with Crippen molar-refractivity contribution in [2.45, 2.75) is 51.7 Å². The number of benzene rings is 1. The van der Waals surface area contributed by atoms with Crippen molar-refractivity contribution in [2.24, 2.45) is 0 Å². The lowest BCUT2D eigenvalue weighted by atomic mass is 10.1. The molecule has 1 aromatic carbocycles. The molecule has 0 unspecified atom stereocenters. The molecular weight excluding hydrogens is 451 g/mol. The number of carbonyl (C=O) groups excluding carboxylic acids is 2. The molecular formula is C23H24F3N5O3. The molecule has 0 fully saturated rings. The first-order valence-electron chi connectivity index (χ1n) is 11.1. The van der Waals surface area contributed by atoms with Gasteiger partial charge in [-0.25, -0.2) is 9.48 Å². The van der Waals surface area contributed by atoms with Crippen LogP contribution in [0.1, 0.15) is 53.5 Å². The number of rotatable bonds is 6. The van der Waals surface area contributed by atoms with Gasteiger partial charge in [-0.2, -0.15) is 23.4 Å². The second-order valence-corrected chi connectivity index (χ2v) is 7.91. The highest BCUT2D eigenvalue weighted by Crippen LogP contribution is 2.35. The number of nitrogens with one attached hydrogen (secondary N) is 1. The van der Waals surface area contributed by atoms with Gasteiger partial charge in [-0.15, -0.1) is 0 Å². The van der Waals surface area contributed by atoms with Gasteiger partial charge in [-0.3, -0.25) is 9.48 Å². The van der Waals surface area contributed by atoms with Crippen molar-refractivity contribution in [3.8, 4) is 5.69 Å². The Hall–Kier alpha value is -3.63. The first kappa shape index (κ1) is 23.5. The molecule has 4 rings (SSSR count). The van der Waals surface area contributed by atoms with Gasteiger partial charge in [0.25, 0.3) is 0 Å². The summed E-state index contributed by atoms with van der Waals surface area (Å²) in [7, 11) is 0. The summed E-state index contributed by atoms with van der Waals surface area (Å²) in [5, 5.41) is 10.6. The fraction of sp³-hybridized carbons (Fsp3) is 0.391. The Bertz CT molecular complexity index is 1180. The molecule has 3 aromatic rings. The summed E-state index contributed by atoms with van der Waals surface area (Å²) in [6.07, 6.45) is -0.432. The second kappa shape index (κ2) is 9.70. The highest BCUT2D eigenvalue weighted by molar-refractivity contribution is 6.00. The van der Waals surface area contributed by atoms with Crippen LogP contribution in [0.2, 0.25) is 0 Å². The third-order valence-corrected chi connectivity index (χ3v) is 5.59. The van der Waals surface area contributed by atoms with Crippen molar-refractivity contribution >= 4 is 17.7 Å². The van der Waals surface area contributed by atoms with Crippen LogP contribution in [0, 0.1) is 0 Å². The number of fused-ring (bicyclic) bond motifs is 1. The van der Waals surface area contributed by atoms with Gasteiger partial charge in [0, 0.05) is 11.3 Å². The lowest BCUT2D eigenvalue weighted by Crippen LogP contribution is -2.24. The van der Waals surface area contributed by atoms with E-state index in [1.807, 2.05) is 0 Å². The number of nitrogens with zero attached hydrogens (tertiary/aromatic N) is 4. The second-order valence-electron chi connectivity index (χ2n) is 7.91. The van der Waals surface area contributed by atoms with E-state index in [0.717, 1.165) is 17.5 Å². The number of esters is 1. The largest absolute Gasteiger partial charge is 0.462 e. The molecule has 1 N–H and O–H groups in total. The number of carbonyl (C=O) groups is 2. The van der Waals surface area contributed by atoms with E-state index in [9.17, 15) is 22.8 Å². The van der Waals surface area contributed by atoms with Crippen LogP contribution in [0.25, 0.3) is 5.69 Å². The Kier molecular flexibility index (Phi) is 6.71. The molecule has 1 amide bonds. The molecule has 1 aliphatic rings. The van der Waals surface area contributed by atoms with Crippen molar-refractivity contribution < 1.29 is 27.5 Å². The number of anilines is 1. The maximum absolute atomic E-state index is 13.6. The van der Waals surface area contributed by atoms with Gasteiger partial charge in [0.05, 0.1) is 18.5 Å². The lowest BCUT2D eigenvalue weighted by Gasteiger charge is -2.12. The van der Waals surface area contributed by atoms with Crippen molar-refractivity contribution in [3.63, 3.8) is 0 Å². The number of hydrogen-bond acceptors (Lipinski definition) is 5. The average Bonchev–Trinajstić information content (AvgIpc) is 3.26. The monoisotopic (exact) mass is 475 g/mol. The normalized spacial score (nSPS) is 13.8. The van der Waals surface area contributed by atoms with E-state index >= 15 is 0 Å². The number of amides is 1. The molecule has 180 valence electrons. The van der Waals surface area contributed by atoms with E-state index in [1.54, 1.807) is 37.3 Å². The molecule has 8 nitrogen and oxygen atoms in total. The molecule has 0 spiro atoms. The smallest absolute Gasteiger partial charge is 0.435 e. The van der Waals surface area contributed by atoms with Crippen LogP contribution in [0.3, 0.4) is 0 Å². The lowest BCUT2D eigenvalue weighted by molar-refractivity contribution is -0.142. The predicted octanol–water partition coefficient (Wildman–Crippen LogP) is 4.17. The Morgan fingerprint density at radius 1 is 1.12 bits per heavy atom. The van der Waals surface area contributed by atoms with Crippen LogP contribution >= 0.6 is 0 Å². The quantitative estimate of drug-likeness (QED) is 0.427. The molecule has 0 saturated heterocycles. The Balaban J connectivity index is 1.66. The van der Waals surface area contributed by atoms with Crippen molar-refractivity contribution in [1.29, 1.82) is 0 Å². The Morgan fingerprint density at radius 3 is 2.56 bits per heavy atom. The summed E-state index contributed by atoms with van der Waals surface area (Å²) in [5.41, 5.74) is 0.287. The number of aromatic nitrogens is 4. The van der Waals surface area contributed by atoms with Crippen molar-refractivity contribution in [3.05, 3.63) is 59.0 Å². The summed E-state index contributed by atoms with van der Waals surface area (Å²) < 4.78 is 48.3. The standard InChI is InChI=1S/C23H24F3N5O3/c1-2-34-22(33)17-13-27-31(15-9-5-3-6-10-15)21(17)28-19(32)14-30-18-12-8-4-7-11-16(18)20(29-30)23(24,25)26/h3,5-6,9-10,13H,2,4,7-8,11-12,14H2,1H3,(H,28,32). The predicted molar refractivity (Wildman–Crippen MR) is 117 cm³/mol. The van der Waals surface area contributed by atoms with E-state index in [2.05, 4.69) is 15.5 Å². The summed E-state index contributed by atoms with van der Waals surface area (Å²) in [6, 6.07) is 8.81. The maximum atomic E-state index is 13.6. The molecule has 11 heteroatoms. The van der Waals surface area contributed by atoms with Gasteiger partial charge >= 0.3 is 12.1 Å². The molecule has 34 heavy (non-hydrogen) atoms. The molecule has 0 aliphatic heterocycles. The van der Waals surface area contributed by atoms with E-state index < -0.39 is 30.3 Å². The first-order chi connectivity index (χ1) is 16.3. The highest BCUT2D eigenvalue weighted by atomic mass is 19.4. The summed E-state index contributed by atoms with van der Waals surface area (Å²) >= 11 is 0. The molecule has 0 saturated carbocycles. The summed E-state index contributed by atoms with van der Waals surface area (Å²) in [5.74, 6) is -1.23. The zero-order chi connectivity index (χ0) is 24.3. The van der Waals surface area contributed by atoms with Gasteiger partial charge < -0.3 is 10.1 Å². The van der Waals surface area contributed by atoms with Crippen LogP contribution in [-0.2, 0) is 35.1 Å². The third-order valence-electron chi connectivity index (χ3n) is 5.59. The number of halogens is 3. The van der Waals surface area contributed by atoms with E-state index in [-0.39, 0.29) is 30.0 Å². The third kappa shape index (κ3) is 4.82. The topological polar surface area (TPSA) is 91.0 Å². The Morgan fingerprint density at radius 2 is 1.85 bits per heavy atom. The fourth-order valence-corrected chi connectivity index (χ4v) is 4.11. The van der Waals surface area contributed by atoms with Crippen LogP contribution in [0.15, 0.2) is 36.5 Å². The summed E-state index contributed by atoms with van der Waals surface area (Å²) in [4.78, 5) is 25.4. The molecule has 0 atom stereocenters.